The van der Waals surface area contributed by atoms with Gasteiger partial charge in [0, 0.05) is 24.0 Å². The van der Waals surface area contributed by atoms with E-state index in [2.05, 4.69) is 5.32 Å². The summed E-state index contributed by atoms with van der Waals surface area (Å²) in [5.41, 5.74) is 1.92. The molecule has 0 aliphatic rings. The number of nitrogens with one attached hydrogen (secondary N) is 1. The molecule has 0 unspecified atom stereocenters. The molecule has 4 aromatic carbocycles. The van der Waals surface area contributed by atoms with Crippen LogP contribution in [0.1, 0.15) is 31.4 Å². The van der Waals surface area contributed by atoms with E-state index in [9.17, 15) is 18.0 Å². The van der Waals surface area contributed by atoms with Gasteiger partial charge in [0.25, 0.3) is 10.0 Å². The van der Waals surface area contributed by atoms with Crippen LogP contribution in [0.15, 0.2) is 114 Å². The molecule has 2 amide bonds. The van der Waals surface area contributed by atoms with Crippen LogP contribution in [0.3, 0.4) is 0 Å². The lowest BCUT2D eigenvalue weighted by Crippen LogP contribution is -2.54. The molecule has 0 aliphatic heterocycles. The number of methoxy groups -OCH3 is 1. The number of amides is 2. The Hall–Kier alpha value is -4.34. The second kappa shape index (κ2) is 15.6. The summed E-state index contributed by atoms with van der Waals surface area (Å²) < 4.78 is 34.5. The Morgan fingerprint density at radius 3 is 2.02 bits per heavy atom. The number of hydrogen-bond acceptors (Lipinski definition) is 5. The summed E-state index contributed by atoms with van der Waals surface area (Å²) >= 11 is 6.14. The summed E-state index contributed by atoms with van der Waals surface area (Å²) in [6.07, 6.45) is 0.940. The topological polar surface area (TPSA) is 96.0 Å². The Kier molecular flexibility index (Phi) is 11.6. The number of anilines is 1. The van der Waals surface area contributed by atoms with E-state index in [1.165, 1.54) is 24.1 Å². The summed E-state index contributed by atoms with van der Waals surface area (Å²) in [4.78, 5) is 29.8. The quantitative estimate of drug-likeness (QED) is 0.179. The van der Waals surface area contributed by atoms with Crippen LogP contribution in [0.2, 0.25) is 5.02 Å². The number of ether oxygens (including phenoxy) is 1. The highest BCUT2D eigenvalue weighted by molar-refractivity contribution is 7.92. The van der Waals surface area contributed by atoms with Gasteiger partial charge in [-0.15, -0.1) is 0 Å². The van der Waals surface area contributed by atoms with E-state index < -0.39 is 28.5 Å². The lowest BCUT2D eigenvalue weighted by Gasteiger charge is -2.34. The van der Waals surface area contributed by atoms with E-state index in [0.717, 1.165) is 15.4 Å². The van der Waals surface area contributed by atoms with Crippen LogP contribution >= 0.6 is 11.6 Å². The molecule has 2 atom stereocenters. The van der Waals surface area contributed by atoms with Crippen molar-refractivity contribution in [3.63, 3.8) is 0 Å². The third-order valence-corrected chi connectivity index (χ3v) is 9.55. The highest BCUT2D eigenvalue weighted by Gasteiger charge is 2.35. The molecule has 0 spiro atoms. The third-order valence-electron chi connectivity index (χ3n) is 7.51. The SMILES string of the molecule is CC[C@@H](C)NC(=O)[C@@H](Cc1ccccc1)N(Cc1ccc(Cl)cc1)C(=O)CN(c1ccccc1)S(=O)(=O)c1ccc(OC)cc1. The Morgan fingerprint density at radius 1 is 0.844 bits per heavy atom. The van der Waals surface area contributed by atoms with Gasteiger partial charge in [0.1, 0.15) is 18.3 Å². The molecule has 0 radical (unpaired) electrons. The summed E-state index contributed by atoms with van der Waals surface area (Å²) in [5.74, 6) is -0.354. The highest BCUT2D eigenvalue weighted by Crippen LogP contribution is 2.26. The van der Waals surface area contributed by atoms with Crippen LogP contribution in [0.25, 0.3) is 0 Å². The van der Waals surface area contributed by atoms with Gasteiger partial charge in [0.15, 0.2) is 0 Å². The molecule has 0 saturated heterocycles. The number of carbonyl (C=O) groups excluding carboxylic acids is 2. The van der Waals surface area contributed by atoms with Gasteiger partial charge < -0.3 is 15.0 Å². The van der Waals surface area contributed by atoms with Crippen LogP contribution in [0, 0.1) is 0 Å². The smallest absolute Gasteiger partial charge is 0.264 e. The molecule has 0 fully saturated rings. The lowest BCUT2D eigenvalue weighted by molar-refractivity contribution is -0.140. The summed E-state index contributed by atoms with van der Waals surface area (Å²) in [5, 5.41) is 3.57. The minimum atomic E-state index is -4.20. The average molecular weight is 648 g/mol. The molecule has 0 bridgehead atoms. The van der Waals surface area contributed by atoms with Gasteiger partial charge in [-0.1, -0.05) is 79.2 Å². The third kappa shape index (κ3) is 8.86. The minimum absolute atomic E-state index is 0.000413. The maximum absolute atomic E-state index is 14.5. The standard InChI is InChI=1S/C35H38ClN3O5S/c1-4-26(2)37-35(41)33(23-27-11-7-5-8-12-27)38(24-28-15-17-29(36)18-16-28)34(40)25-39(30-13-9-6-10-14-30)45(42,43)32-21-19-31(44-3)20-22-32/h5-22,26,33H,4,23-25H2,1-3H3,(H,37,41)/t26-,33-/m1/s1. The van der Waals surface area contributed by atoms with Crippen LogP contribution in [0.4, 0.5) is 5.69 Å². The molecule has 45 heavy (non-hydrogen) atoms. The summed E-state index contributed by atoms with van der Waals surface area (Å²) in [6, 6.07) is 29.9. The van der Waals surface area contributed by atoms with Crippen molar-refractivity contribution < 1.29 is 22.7 Å². The van der Waals surface area contributed by atoms with Crippen molar-refractivity contribution in [1.82, 2.24) is 10.2 Å². The molecule has 0 aromatic heterocycles. The molecule has 4 aromatic rings. The van der Waals surface area contributed by atoms with E-state index in [1.54, 1.807) is 66.7 Å². The van der Waals surface area contributed by atoms with Gasteiger partial charge in [0.2, 0.25) is 11.8 Å². The first kappa shape index (κ1) is 33.6. The minimum Gasteiger partial charge on any atom is -0.497 e. The van der Waals surface area contributed by atoms with E-state index in [4.69, 9.17) is 16.3 Å². The molecule has 10 heteroatoms. The highest BCUT2D eigenvalue weighted by atomic mass is 35.5. The van der Waals surface area contributed by atoms with Gasteiger partial charge in [0.05, 0.1) is 17.7 Å². The van der Waals surface area contributed by atoms with Gasteiger partial charge in [-0.05, 0) is 73.0 Å². The molecular weight excluding hydrogens is 610 g/mol. The Balaban J connectivity index is 1.78. The first-order valence-electron chi connectivity index (χ1n) is 14.7. The zero-order valence-corrected chi connectivity index (χ0v) is 27.2. The van der Waals surface area contributed by atoms with Crippen molar-refractivity contribution in [2.24, 2.45) is 0 Å². The maximum Gasteiger partial charge on any atom is 0.264 e. The van der Waals surface area contributed by atoms with Crippen molar-refractivity contribution in [2.75, 3.05) is 18.0 Å². The van der Waals surface area contributed by atoms with E-state index in [1.807, 2.05) is 44.2 Å². The molecule has 0 saturated carbocycles. The van der Waals surface area contributed by atoms with Crippen molar-refractivity contribution in [3.05, 3.63) is 125 Å². The van der Waals surface area contributed by atoms with E-state index >= 15 is 0 Å². The van der Waals surface area contributed by atoms with Crippen LogP contribution < -0.4 is 14.4 Å². The number of halogens is 1. The van der Waals surface area contributed by atoms with Crippen LogP contribution in [-0.4, -0.2) is 50.9 Å². The predicted molar refractivity (Wildman–Crippen MR) is 178 cm³/mol. The zero-order chi connectivity index (χ0) is 32.4. The summed E-state index contributed by atoms with van der Waals surface area (Å²) in [6.45, 7) is 3.40. The fourth-order valence-corrected chi connectivity index (χ4v) is 6.32. The molecule has 0 aliphatic carbocycles. The van der Waals surface area contributed by atoms with Gasteiger partial charge in [-0.2, -0.15) is 0 Å². The largest absolute Gasteiger partial charge is 0.497 e. The van der Waals surface area contributed by atoms with E-state index in [-0.39, 0.29) is 29.8 Å². The van der Waals surface area contributed by atoms with Crippen LogP contribution in [0.5, 0.6) is 5.75 Å². The monoisotopic (exact) mass is 647 g/mol. The van der Waals surface area contributed by atoms with Crippen molar-refractivity contribution in [2.45, 2.75) is 50.2 Å². The van der Waals surface area contributed by atoms with Gasteiger partial charge in [-0.25, -0.2) is 8.42 Å². The summed E-state index contributed by atoms with van der Waals surface area (Å²) in [7, 11) is -2.70. The van der Waals surface area contributed by atoms with Gasteiger partial charge in [-0.3, -0.25) is 13.9 Å². The first-order valence-corrected chi connectivity index (χ1v) is 16.5. The first-order chi connectivity index (χ1) is 21.6. The molecule has 236 valence electrons. The van der Waals surface area contributed by atoms with Crippen LogP contribution in [-0.2, 0) is 32.6 Å². The molecule has 4 rings (SSSR count). The second-order valence-corrected chi connectivity index (χ2v) is 13.0. The molecule has 0 heterocycles. The van der Waals surface area contributed by atoms with Gasteiger partial charge >= 0.3 is 0 Å². The molecular formula is C35H38ClN3O5S. The average Bonchev–Trinajstić information content (AvgIpc) is 3.06. The normalized spacial score (nSPS) is 12.5. The van der Waals surface area contributed by atoms with Crippen molar-refractivity contribution >= 4 is 39.1 Å². The van der Waals surface area contributed by atoms with Crippen molar-refractivity contribution in [3.8, 4) is 5.75 Å². The molecule has 8 nitrogen and oxygen atoms in total. The number of para-hydroxylation sites is 1. The zero-order valence-electron chi connectivity index (χ0n) is 25.6. The number of sulfonamides is 1. The Bertz CT molecular complexity index is 1650. The Labute approximate surface area is 270 Å². The lowest BCUT2D eigenvalue weighted by atomic mass is 10.0. The van der Waals surface area contributed by atoms with Crippen molar-refractivity contribution in [1.29, 1.82) is 0 Å². The Morgan fingerprint density at radius 2 is 1.44 bits per heavy atom. The molecule has 1 N–H and O–H groups in total. The maximum atomic E-state index is 14.5. The number of rotatable bonds is 14. The fraction of sp³-hybridized carbons (Fsp3) is 0.257. The number of carbonyl (C=O) groups is 2. The number of benzene rings is 4. The number of hydrogen-bond donors (Lipinski definition) is 1. The van der Waals surface area contributed by atoms with E-state index in [0.29, 0.717) is 22.9 Å². The fourth-order valence-electron chi connectivity index (χ4n) is 4.78. The number of nitrogens with zero attached hydrogens (tertiary/aromatic N) is 2. The second-order valence-electron chi connectivity index (χ2n) is 10.7. The predicted octanol–water partition coefficient (Wildman–Crippen LogP) is 6.10.